The monoisotopic (exact) mass is 387 g/mol. The van der Waals surface area contributed by atoms with Gasteiger partial charge < -0.3 is 14.4 Å². The van der Waals surface area contributed by atoms with Crippen LogP contribution in [0.5, 0.6) is 5.75 Å². The van der Waals surface area contributed by atoms with Gasteiger partial charge in [-0.25, -0.2) is 8.78 Å². The Bertz CT molecular complexity index is 1090. The molecule has 0 aliphatic heterocycles. The zero-order valence-corrected chi connectivity index (χ0v) is 15.2. The second-order valence-electron chi connectivity index (χ2n) is 6.31. The quantitative estimate of drug-likeness (QED) is 0.659. The van der Waals surface area contributed by atoms with E-state index in [0.717, 1.165) is 6.07 Å². The van der Waals surface area contributed by atoms with Crippen molar-refractivity contribution < 1.29 is 23.4 Å². The van der Waals surface area contributed by atoms with Crippen LogP contribution < -0.4 is 5.43 Å². The summed E-state index contributed by atoms with van der Waals surface area (Å²) in [6.07, 6.45) is 0.330. The summed E-state index contributed by atoms with van der Waals surface area (Å²) in [5.41, 5.74) is 0.714. The van der Waals surface area contributed by atoms with Gasteiger partial charge in [-0.05, 0) is 43.5 Å². The summed E-state index contributed by atoms with van der Waals surface area (Å²) >= 11 is 0. The number of ether oxygens (including phenoxy) is 1. The number of phenols is 1. The Kier molecular flexibility index (Phi) is 5.73. The molecule has 5 nitrogen and oxygen atoms in total. The van der Waals surface area contributed by atoms with Crippen molar-refractivity contribution in [1.82, 2.24) is 4.57 Å². The van der Waals surface area contributed by atoms with Gasteiger partial charge in [0.05, 0.1) is 12.1 Å². The fraction of sp³-hybridized carbons (Fsp3) is 0.238. The number of esters is 1. The highest BCUT2D eigenvalue weighted by Crippen LogP contribution is 2.21. The maximum Gasteiger partial charge on any atom is 0.325 e. The number of pyridine rings is 1. The Morgan fingerprint density at radius 2 is 1.93 bits per heavy atom. The minimum absolute atomic E-state index is 0.0576. The van der Waals surface area contributed by atoms with Gasteiger partial charge in [0.15, 0.2) is 17.1 Å². The molecule has 7 heteroatoms. The SMILES string of the molecule is CCOC(=O)Cn1c(CCc2cccc(F)c2F)cc(=O)c2ccc(O)cc21. The number of carbonyl (C=O) groups is 1. The zero-order chi connectivity index (χ0) is 20.3. The largest absolute Gasteiger partial charge is 0.508 e. The number of aromatic hydroxyl groups is 1. The summed E-state index contributed by atoms with van der Waals surface area (Å²) in [5, 5.41) is 10.2. The van der Waals surface area contributed by atoms with E-state index in [-0.39, 0.29) is 42.7 Å². The smallest absolute Gasteiger partial charge is 0.325 e. The molecule has 0 saturated carbocycles. The van der Waals surface area contributed by atoms with E-state index in [0.29, 0.717) is 16.6 Å². The van der Waals surface area contributed by atoms with Crippen LogP contribution in [0.25, 0.3) is 10.9 Å². The van der Waals surface area contributed by atoms with E-state index in [1.54, 1.807) is 11.5 Å². The third-order valence-electron chi connectivity index (χ3n) is 4.46. The first kappa shape index (κ1) is 19.5. The Morgan fingerprint density at radius 1 is 1.14 bits per heavy atom. The maximum absolute atomic E-state index is 13.9. The molecule has 0 unspecified atom stereocenters. The molecular weight excluding hydrogens is 368 g/mol. The van der Waals surface area contributed by atoms with Gasteiger partial charge >= 0.3 is 5.97 Å². The predicted octanol–water partition coefficient (Wildman–Crippen LogP) is 3.33. The summed E-state index contributed by atoms with van der Waals surface area (Å²) in [7, 11) is 0. The van der Waals surface area contributed by atoms with Crippen LogP contribution >= 0.6 is 0 Å². The van der Waals surface area contributed by atoms with Gasteiger partial charge in [0.25, 0.3) is 0 Å². The Morgan fingerprint density at radius 3 is 2.68 bits per heavy atom. The first-order chi connectivity index (χ1) is 13.4. The average molecular weight is 387 g/mol. The van der Waals surface area contributed by atoms with Crippen LogP contribution in [0.4, 0.5) is 8.78 Å². The number of benzene rings is 2. The number of nitrogens with zero attached hydrogens (tertiary/aromatic N) is 1. The summed E-state index contributed by atoms with van der Waals surface area (Å²) < 4.78 is 33.9. The summed E-state index contributed by atoms with van der Waals surface area (Å²) in [5.74, 6) is -2.43. The average Bonchev–Trinajstić information content (AvgIpc) is 2.65. The summed E-state index contributed by atoms with van der Waals surface area (Å²) in [4.78, 5) is 24.5. The third kappa shape index (κ3) is 4.03. The van der Waals surface area contributed by atoms with E-state index >= 15 is 0 Å². The molecule has 0 bridgehead atoms. The van der Waals surface area contributed by atoms with Crippen LogP contribution in [0.1, 0.15) is 18.2 Å². The number of phenolic OH excluding ortho intramolecular Hbond substituents is 1. The van der Waals surface area contributed by atoms with E-state index in [2.05, 4.69) is 0 Å². The molecule has 1 N–H and O–H groups in total. The summed E-state index contributed by atoms with van der Waals surface area (Å²) in [6, 6.07) is 9.55. The lowest BCUT2D eigenvalue weighted by Crippen LogP contribution is -2.21. The number of halogens is 2. The first-order valence-corrected chi connectivity index (χ1v) is 8.84. The van der Waals surface area contributed by atoms with E-state index < -0.39 is 17.6 Å². The second kappa shape index (κ2) is 8.21. The highest BCUT2D eigenvalue weighted by Gasteiger charge is 2.15. The molecule has 0 radical (unpaired) electrons. The minimum atomic E-state index is -0.940. The molecule has 28 heavy (non-hydrogen) atoms. The lowest BCUT2D eigenvalue weighted by Gasteiger charge is -2.17. The van der Waals surface area contributed by atoms with Crippen molar-refractivity contribution >= 4 is 16.9 Å². The molecule has 0 spiro atoms. The highest BCUT2D eigenvalue weighted by atomic mass is 19.2. The molecule has 0 aliphatic rings. The molecule has 1 aromatic heterocycles. The number of hydrogen-bond donors (Lipinski definition) is 1. The van der Waals surface area contributed by atoms with E-state index in [4.69, 9.17) is 4.74 Å². The molecule has 3 aromatic rings. The normalized spacial score (nSPS) is 11.0. The molecule has 0 atom stereocenters. The molecule has 146 valence electrons. The molecule has 3 rings (SSSR count). The van der Waals surface area contributed by atoms with Crippen molar-refractivity contribution in [2.75, 3.05) is 6.61 Å². The molecule has 0 amide bonds. The van der Waals surface area contributed by atoms with E-state index in [1.165, 1.54) is 36.4 Å². The van der Waals surface area contributed by atoms with E-state index in [9.17, 15) is 23.5 Å². The lowest BCUT2D eigenvalue weighted by molar-refractivity contribution is -0.143. The van der Waals surface area contributed by atoms with Gasteiger partial charge in [0.1, 0.15) is 12.3 Å². The number of fused-ring (bicyclic) bond motifs is 1. The fourth-order valence-electron chi connectivity index (χ4n) is 3.15. The van der Waals surface area contributed by atoms with Crippen LogP contribution in [-0.2, 0) is 28.9 Å². The second-order valence-corrected chi connectivity index (χ2v) is 6.31. The molecule has 0 saturated heterocycles. The predicted molar refractivity (Wildman–Crippen MR) is 100 cm³/mol. The number of carbonyl (C=O) groups excluding carboxylic acids is 1. The molecular formula is C21H19F2NO4. The first-order valence-electron chi connectivity index (χ1n) is 8.84. The molecule has 0 aliphatic carbocycles. The van der Waals surface area contributed by atoms with Crippen molar-refractivity contribution in [3.05, 3.63) is 75.6 Å². The van der Waals surface area contributed by atoms with Crippen molar-refractivity contribution in [2.45, 2.75) is 26.3 Å². The number of rotatable bonds is 6. The lowest BCUT2D eigenvalue weighted by atomic mass is 10.0. The van der Waals surface area contributed by atoms with Crippen molar-refractivity contribution in [3.8, 4) is 5.75 Å². The molecule has 2 aromatic carbocycles. The van der Waals surface area contributed by atoms with Gasteiger partial charge in [0.2, 0.25) is 0 Å². The number of hydrogen-bond acceptors (Lipinski definition) is 4. The summed E-state index contributed by atoms with van der Waals surface area (Å²) in [6.45, 7) is 1.71. The Balaban J connectivity index is 2.05. The van der Waals surface area contributed by atoms with Gasteiger partial charge in [-0.1, -0.05) is 12.1 Å². The van der Waals surface area contributed by atoms with Crippen molar-refractivity contribution in [3.63, 3.8) is 0 Å². The van der Waals surface area contributed by atoms with Crippen LogP contribution in [-0.4, -0.2) is 22.2 Å². The van der Waals surface area contributed by atoms with Crippen LogP contribution in [0, 0.1) is 11.6 Å². The Hall–Kier alpha value is -3.22. The third-order valence-corrected chi connectivity index (χ3v) is 4.46. The maximum atomic E-state index is 13.9. The number of aryl methyl sites for hydroxylation is 2. The Labute approximate surface area is 159 Å². The van der Waals surface area contributed by atoms with Gasteiger partial charge in [0, 0.05) is 23.2 Å². The van der Waals surface area contributed by atoms with Gasteiger partial charge in [-0.15, -0.1) is 0 Å². The van der Waals surface area contributed by atoms with Crippen LogP contribution in [0.3, 0.4) is 0 Å². The van der Waals surface area contributed by atoms with Crippen molar-refractivity contribution in [1.29, 1.82) is 0 Å². The minimum Gasteiger partial charge on any atom is -0.508 e. The van der Waals surface area contributed by atoms with Crippen molar-refractivity contribution in [2.24, 2.45) is 0 Å². The molecule has 1 heterocycles. The highest BCUT2D eigenvalue weighted by molar-refractivity contribution is 5.82. The van der Waals surface area contributed by atoms with Crippen LogP contribution in [0.15, 0.2) is 47.3 Å². The number of aromatic nitrogens is 1. The zero-order valence-electron chi connectivity index (χ0n) is 15.2. The topological polar surface area (TPSA) is 68.5 Å². The fourth-order valence-corrected chi connectivity index (χ4v) is 3.15. The molecule has 0 fully saturated rings. The van der Waals surface area contributed by atoms with Gasteiger partial charge in [-0.2, -0.15) is 0 Å². The standard InChI is InChI=1S/C21H19F2NO4/c1-2-28-20(27)12-24-14(7-6-13-4-3-5-17(22)21(13)23)10-19(26)16-9-8-15(25)11-18(16)24/h3-5,8-11,25H,2,6-7,12H2,1H3. The van der Waals surface area contributed by atoms with Gasteiger partial charge in [-0.3, -0.25) is 9.59 Å². The van der Waals surface area contributed by atoms with E-state index in [1.807, 2.05) is 0 Å². The van der Waals surface area contributed by atoms with Crippen LogP contribution in [0.2, 0.25) is 0 Å².